The molecular weight excluding hydrogens is 402 g/mol. The van der Waals surface area contributed by atoms with Gasteiger partial charge in [0.25, 0.3) is 0 Å². The first-order valence-electron chi connectivity index (χ1n) is 9.82. The summed E-state index contributed by atoms with van der Waals surface area (Å²) in [6, 6.07) is 5.75. The largest absolute Gasteiger partial charge is 0.504 e. The average molecular weight is 427 g/mol. The Labute approximate surface area is 178 Å². The third kappa shape index (κ3) is 5.44. The molecule has 0 saturated heterocycles. The number of benzene rings is 1. The molecule has 0 radical (unpaired) electrons. The van der Waals surface area contributed by atoms with E-state index in [2.05, 4.69) is 10.3 Å². The quantitative estimate of drug-likeness (QED) is 0.447. The third-order valence-corrected chi connectivity index (χ3v) is 4.86. The molecule has 0 aliphatic heterocycles. The molecule has 0 bridgehead atoms. The monoisotopic (exact) mass is 427 g/mol. The van der Waals surface area contributed by atoms with Gasteiger partial charge >= 0.3 is 0 Å². The van der Waals surface area contributed by atoms with Crippen molar-refractivity contribution in [2.45, 2.75) is 32.2 Å². The van der Waals surface area contributed by atoms with Crippen molar-refractivity contribution in [3.8, 4) is 17.2 Å². The fraction of sp³-hybridized carbons (Fsp3) is 0.318. The van der Waals surface area contributed by atoms with Gasteiger partial charge in [-0.15, -0.1) is 0 Å². The number of carbonyl (C=O) groups excluding carboxylic acids is 1. The summed E-state index contributed by atoms with van der Waals surface area (Å²) in [5.74, 6) is -1.13. The van der Waals surface area contributed by atoms with Gasteiger partial charge in [0.1, 0.15) is 5.76 Å². The fourth-order valence-electron chi connectivity index (χ4n) is 3.30. The number of imidazole rings is 1. The molecule has 0 aliphatic rings. The lowest BCUT2D eigenvalue weighted by Crippen LogP contribution is -2.27. The van der Waals surface area contributed by atoms with Gasteiger partial charge in [0.2, 0.25) is 17.1 Å². The molecule has 1 amide bonds. The maximum absolute atomic E-state index is 12.7. The Hall–Kier alpha value is -3.75. The molecule has 2 heterocycles. The summed E-state index contributed by atoms with van der Waals surface area (Å²) in [6.45, 7) is 2.76. The van der Waals surface area contributed by atoms with Crippen LogP contribution in [0.15, 0.2) is 52.2 Å². The highest BCUT2D eigenvalue weighted by Crippen LogP contribution is 2.37. The topological polar surface area (TPSA) is 127 Å². The van der Waals surface area contributed by atoms with Crippen LogP contribution in [0.1, 0.15) is 35.8 Å². The van der Waals surface area contributed by atoms with E-state index in [1.54, 1.807) is 31.6 Å². The van der Waals surface area contributed by atoms with Crippen LogP contribution in [0.2, 0.25) is 0 Å². The number of phenolic OH excluding ortho intramolecular Hbond substituents is 1. The maximum Gasteiger partial charge on any atom is 0.227 e. The van der Waals surface area contributed by atoms with Gasteiger partial charge in [0, 0.05) is 38.0 Å². The van der Waals surface area contributed by atoms with Crippen LogP contribution in [-0.2, 0) is 11.3 Å². The van der Waals surface area contributed by atoms with Gasteiger partial charge in [0.05, 0.1) is 19.4 Å². The van der Waals surface area contributed by atoms with Gasteiger partial charge < -0.3 is 29.3 Å². The fourth-order valence-corrected chi connectivity index (χ4v) is 3.30. The first-order chi connectivity index (χ1) is 14.9. The molecule has 164 valence electrons. The highest BCUT2D eigenvalue weighted by molar-refractivity contribution is 5.77. The van der Waals surface area contributed by atoms with Crippen LogP contribution < -0.4 is 15.5 Å². The molecule has 0 aliphatic carbocycles. The predicted molar refractivity (Wildman–Crippen MR) is 112 cm³/mol. The van der Waals surface area contributed by atoms with Crippen molar-refractivity contribution in [3.05, 3.63) is 70.3 Å². The SMILES string of the molecule is COc1cc(C(CC(=O)NCCCn2ccnc2)c2oc(C)cc(=O)c2O)ccc1O. The Morgan fingerprint density at radius 3 is 2.84 bits per heavy atom. The van der Waals surface area contributed by atoms with Crippen molar-refractivity contribution in [1.82, 2.24) is 14.9 Å². The highest BCUT2D eigenvalue weighted by Gasteiger charge is 2.26. The van der Waals surface area contributed by atoms with Crippen molar-refractivity contribution in [3.63, 3.8) is 0 Å². The zero-order chi connectivity index (χ0) is 22.4. The Balaban J connectivity index is 1.81. The predicted octanol–water partition coefficient (Wildman–Crippen LogP) is 2.29. The number of aromatic hydroxyl groups is 2. The molecule has 3 rings (SSSR count). The van der Waals surface area contributed by atoms with Crippen LogP contribution in [0.3, 0.4) is 0 Å². The van der Waals surface area contributed by atoms with E-state index in [4.69, 9.17) is 9.15 Å². The summed E-state index contributed by atoms with van der Waals surface area (Å²) in [7, 11) is 1.41. The summed E-state index contributed by atoms with van der Waals surface area (Å²) in [6.07, 6.45) is 5.89. The molecule has 9 heteroatoms. The van der Waals surface area contributed by atoms with Gasteiger partial charge in [-0.3, -0.25) is 9.59 Å². The Kier molecular flexibility index (Phi) is 6.96. The molecule has 1 aromatic carbocycles. The number of amides is 1. The Morgan fingerprint density at radius 1 is 1.32 bits per heavy atom. The number of aryl methyl sites for hydroxylation is 2. The van der Waals surface area contributed by atoms with Gasteiger partial charge in [-0.05, 0) is 31.0 Å². The summed E-state index contributed by atoms with van der Waals surface area (Å²) in [4.78, 5) is 28.7. The van der Waals surface area contributed by atoms with Gasteiger partial charge in [-0.1, -0.05) is 6.07 Å². The smallest absolute Gasteiger partial charge is 0.227 e. The number of phenols is 1. The molecule has 1 atom stereocenters. The van der Waals surface area contributed by atoms with E-state index in [0.717, 1.165) is 0 Å². The van der Waals surface area contributed by atoms with Gasteiger partial charge in [-0.25, -0.2) is 4.98 Å². The normalized spacial score (nSPS) is 11.8. The first-order valence-corrected chi connectivity index (χ1v) is 9.82. The zero-order valence-electron chi connectivity index (χ0n) is 17.4. The number of hydrogen-bond donors (Lipinski definition) is 3. The molecule has 0 spiro atoms. The second-order valence-corrected chi connectivity index (χ2v) is 7.13. The van der Waals surface area contributed by atoms with Crippen molar-refractivity contribution in [1.29, 1.82) is 0 Å². The second kappa shape index (κ2) is 9.84. The van der Waals surface area contributed by atoms with Crippen molar-refractivity contribution < 1.29 is 24.2 Å². The van der Waals surface area contributed by atoms with Crippen molar-refractivity contribution >= 4 is 5.91 Å². The summed E-state index contributed by atoms with van der Waals surface area (Å²) in [5.41, 5.74) is -0.0394. The lowest BCUT2D eigenvalue weighted by molar-refractivity contribution is -0.121. The standard InChI is InChI=1S/C22H25N3O6/c1-14-10-18(27)21(29)22(31-14)16(15-4-5-17(26)19(11-15)30-2)12-20(28)24-6-3-8-25-9-7-23-13-25/h4-5,7,9-11,13,16,26,29H,3,6,8,12H2,1-2H3,(H,24,28). The molecule has 3 N–H and O–H groups in total. The van der Waals surface area contributed by atoms with Crippen LogP contribution in [0.5, 0.6) is 17.2 Å². The molecule has 0 saturated carbocycles. The molecule has 1 unspecified atom stereocenters. The van der Waals surface area contributed by atoms with Crippen LogP contribution in [-0.4, -0.2) is 39.3 Å². The van der Waals surface area contributed by atoms with E-state index >= 15 is 0 Å². The third-order valence-electron chi connectivity index (χ3n) is 4.86. The molecule has 9 nitrogen and oxygen atoms in total. The second-order valence-electron chi connectivity index (χ2n) is 7.13. The molecule has 3 aromatic rings. The minimum absolute atomic E-state index is 0.00805. The number of methoxy groups -OCH3 is 1. The number of aromatic nitrogens is 2. The Bertz CT molecular complexity index is 1090. The van der Waals surface area contributed by atoms with Gasteiger partial charge in [0.15, 0.2) is 17.3 Å². The summed E-state index contributed by atoms with van der Waals surface area (Å²) < 4.78 is 12.7. The number of ether oxygens (including phenoxy) is 1. The Morgan fingerprint density at radius 2 is 2.13 bits per heavy atom. The molecule has 2 aromatic heterocycles. The minimum atomic E-state index is -0.754. The van der Waals surface area contributed by atoms with E-state index in [9.17, 15) is 19.8 Å². The van der Waals surface area contributed by atoms with Crippen LogP contribution in [0, 0.1) is 6.92 Å². The number of nitrogens with one attached hydrogen (secondary N) is 1. The lowest BCUT2D eigenvalue weighted by Gasteiger charge is -2.19. The van der Waals surface area contributed by atoms with E-state index < -0.39 is 17.1 Å². The average Bonchev–Trinajstić information content (AvgIpc) is 3.26. The summed E-state index contributed by atoms with van der Waals surface area (Å²) >= 11 is 0. The first kappa shape index (κ1) is 21.9. The van der Waals surface area contributed by atoms with E-state index in [-0.39, 0.29) is 29.6 Å². The van der Waals surface area contributed by atoms with Crippen LogP contribution >= 0.6 is 0 Å². The highest BCUT2D eigenvalue weighted by atomic mass is 16.5. The van der Waals surface area contributed by atoms with Crippen molar-refractivity contribution in [2.75, 3.05) is 13.7 Å². The number of carbonyl (C=O) groups is 1. The van der Waals surface area contributed by atoms with E-state index in [1.807, 2.05) is 10.8 Å². The molecule has 0 fully saturated rings. The lowest BCUT2D eigenvalue weighted by atomic mass is 9.91. The van der Waals surface area contributed by atoms with E-state index in [0.29, 0.717) is 30.8 Å². The zero-order valence-corrected chi connectivity index (χ0v) is 17.4. The summed E-state index contributed by atoms with van der Waals surface area (Å²) in [5, 5.41) is 23.1. The number of hydrogen-bond acceptors (Lipinski definition) is 7. The van der Waals surface area contributed by atoms with E-state index in [1.165, 1.54) is 19.2 Å². The maximum atomic E-state index is 12.7. The minimum Gasteiger partial charge on any atom is -0.504 e. The number of nitrogens with zero attached hydrogens (tertiary/aromatic N) is 2. The van der Waals surface area contributed by atoms with Gasteiger partial charge in [-0.2, -0.15) is 0 Å². The van der Waals surface area contributed by atoms with Crippen LogP contribution in [0.25, 0.3) is 0 Å². The molecule has 31 heavy (non-hydrogen) atoms. The van der Waals surface area contributed by atoms with Crippen molar-refractivity contribution in [2.24, 2.45) is 0 Å². The number of rotatable bonds is 9. The van der Waals surface area contributed by atoms with Crippen LogP contribution in [0.4, 0.5) is 0 Å². The molecular formula is C22H25N3O6.